The van der Waals surface area contributed by atoms with Crippen molar-refractivity contribution in [1.82, 2.24) is 9.80 Å². The highest BCUT2D eigenvalue weighted by Crippen LogP contribution is 2.17. The third kappa shape index (κ3) is 8.60. The molecule has 0 saturated carbocycles. The first kappa shape index (κ1) is 25.2. The molecule has 1 saturated heterocycles. The number of nitrogens with zero attached hydrogens (tertiary/aromatic N) is 2. The molecule has 2 N–H and O–H groups in total. The zero-order valence-corrected chi connectivity index (χ0v) is 19.0. The van der Waals surface area contributed by atoms with E-state index in [0.717, 1.165) is 38.5 Å². The molecule has 32 heavy (non-hydrogen) atoms. The number of hydrogen-bond acceptors (Lipinski definition) is 6. The van der Waals surface area contributed by atoms with Crippen molar-refractivity contribution in [2.75, 3.05) is 39.0 Å². The van der Waals surface area contributed by atoms with Crippen molar-refractivity contribution in [3.05, 3.63) is 59.7 Å². The fourth-order valence-corrected chi connectivity index (χ4v) is 3.42. The van der Waals surface area contributed by atoms with Gasteiger partial charge in [-0.3, -0.25) is 9.69 Å². The van der Waals surface area contributed by atoms with Gasteiger partial charge >= 0.3 is 11.9 Å². The van der Waals surface area contributed by atoms with Gasteiger partial charge in [0, 0.05) is 37.6 Å². The quantitative estimate of drug-likeness (QED) is 0.500. The number of ether oxygens (including phenoxy) is 1. The van der Waals surface area contributed by atoms with E-state index in [-0.39, 0.29) is 12.5 Å². The third-order valence-corrected chi connectivity index (χ3v) is 5.60. The number of carbonyl (C=O) groups excluding carboxylic acids is 1. The highest BCUT2D eigenvalue weighted by molar-refractivity contribution is 7.98. The van der Waals surface area contributed by atoms with Gasteiger partial charge in [-0.05, 0) is 43.0 Å². The fourth-order valence-electron chi connectivity index (χ4n) is 3.02. The van der Waals surface area contributed by atoms with Crippen LogP contribution in [-0.2, 0) is 20.9 Å². The summed E-state index contributed by atoms with van der Waals surface area (Å²) in [4.78, 5) is 36.1. The number of benzene rings is 2. The van der Waals surface area contributed by atoms with Crippen LogP contribution in [0.2, 0.25) is 0 Å². The van der Waals surface area contributed by atoms with Gasteiger partial charge < -0.3 is 19.8 Å². The Hall–Kier alpha value is -3.04. The van der Waals surface area contributed by atoms with Crippen molar-refractivity contribution < 1.29 is 29.3 Å². The summed E-state index contributed by atoms with van der Waals surface area (Å²) in [5, 5.41) is 14.8. The summed E-state index contributed by atoms with van der Waals surface area (Å²) >= 11 is 1.76. The topological polar surface area (TPSA) is 107 Å². The summed E-state index contributed by atoms with van der Waals surface area (Å²) in [7, 11) is 0. The second kappa shape index (κ2) is 12.7. The van der Waals surface area contributed by atoms with E-state index in [2.05, 4.69) is 35.4 Å². The van der Waals surface area contributed by atoms with E-state index in [1.807, 2.05) is 36.1 Å². The molecule has 0 aromatic heterocycles. The second-order valence-corrected chi connectivity index (χ2v) is 8.10. The number of piperazine rings is 1. The standard InChI is InChI=1S/C21H26N2O2S.C2H2O4/c1-17-3-7-19(8-4-17)25-16-21(24)23-13-11-22(12-14-23)15-18-5-9-20(26-2)10-6-18;3-1(4)2(5)6/h3-10H,11-16H2,1-2H3;(H,3,4)(H,5,6). The summed E-state index contributed by atoms with van der Waals surface area (Å²) in [6.45, 7) is 6.42. The normalized spacial score (nSPS) is 13.6. The minimum absolute atomic E-state index is 0.0644. The highest BCUT2D eigenvalue weighted by atomic mass is 32.2. The minimum atomic E-state index is -1.82. The molecule has 0 spiro atoms. The lowest BCUT2D eigenvalue weighted by molar-refractivity contribution is -0.159. The number of aryl methyl sites for hydroxylation is 1. The molecule has 0 atom stereocenters. The minimum Gasteiger partial charge on any atom is -0.484 e. The van der Waals surface area contributed by atoms with Gasteiger partial charge in [-0.25, -0.2) is 9.59 Å². The van der Waals surface area contributed by atoms with Crippen LogP contribution in [-0.4, -0.2) is 76.9 Å². The van der Waals surface area contributed by atoms with E-state index >= 15 is 0 Å². The Balaban J connectivity index is 0.000000534. The van der Waals surface area contributed by atoms with Crippen molar-refractivity contribution in [2.24, 2.45) is 0 Å². The summed E-state index contributed by atoms with van der Waals surface area (Å²) in [6.07, 6.45) is 2.09. The molecule has 8 nitrogen and oxygen atoms in total. The van der Waals surface area contributed by atoms with Gasteiger partial charge in [0.25, 0.3) is 5.91 Å². The van der Waals surface area contributed by atoms with Crippen molar-refractivity contribution in [1.29, 1.82) is 0 Å². The monoisotopic (exact) mass is 460 g/mol. The molecule has 0 unspecified atom stereocenters. The average molecular weight is 461 g/mol. The molecule has 1 aliphatic heterocycles. The van der Waals surface area contributed by atoms with Crippen molar-refractivity contribution >= 4 is 29.6 Å². The van der Waals surface area contributed by atoms with Crippen molar-refractivity contribution in [3.8, 4) is 5.75 Å². The largest absolute Gasteiger partial charge is 0.484 e. The van der Waals surface area contributed by atoms with Crippen LogP contribution in [0, 0.1) is 6.92 Å². The first-order valence-corrected chi connectivity index (χ1v) is 11.3. The lowest BCUT2D eigenvalue weighted by Gasteiger charge is -2.34. The summed E-state index contributed by atoms with van der Waals surface area (Å²) in [6, 6.07) is 16.5. The molecular formula is C23H28N2O6S. The number of carboxylic acid groups (broad SMARTS) is 2. The van der Waals surface area contributed by atoms with Gasteiger partial charge in [-0.15, -0.1) is 11.8 Å². The predicted molar refractivity (Wildman–Crippen MR) is 122 cm³/mol. The van der Waals surface area contributed by atoms with Crippen LogP contribution >= 0.6 is 11.8 Å². The Kier molecular flexibility index (Phi) is 10.0. The summed E-state index contributed by atoms with van der Waals surface area (Å²) in [5.41, 5.74) is 2.51. The molecule has 172 valence electrons. The number of thioether (sulfide) groups is 1. The van der Waals surface area contributed by atoms with E-state index < -0.39 is 11.9 Å². The van der Waals surface area contributed by atoms with E-state index in [4.69, 9.17) is 24.5 Å². The molecule has 1 heterocycles. The molecule has 1 amide bonds. The Bertz CT molecular complexity index is 882. The Morgan fingerprint density at radius 2 is 1.47 bits per heavy atom. The van der Waals surface area contributed by atoms with Gasteiger partial charge in [0.2, 0.25) is 0 Å². The first-order valence-electron chi connectivity index (χ1n) is 10.1. The third-order valence-electron chi connectivity index (χ3n) is 4.86. The maximum absolute atomic E-state index is 12.4. The molecule has 2 aromatic carbocycles. The Labute approximate surface area is 191 Å². The van der Waals surface area contributed by atoms with Crippen LogP contribution in [0.15, 0.2) is 53.4 Å². The molecular weight excluding hydrogens is 432 g/mol. The van der Waals surface area contributed by atoms with Crippen molar-refractivity contribution in [3.63, 3.8) is 0 Å². The van der Waals surface area contributed by atoms with Crippen LogP contribution in [0.5, 0.6) is 5.75 Å². The number of carboxylic acids is 2. The van der Waals surface area contributed by atoms with E-state index in [1.165, 1.54) is 16.0 Å². The van der Waals surface area contributed by atoms with Crippen LogP contribution in [0.4, 0.5) is 0 Å². The van der Waals surface area contributed by atoms with Gasteiger partial charge in [0.1, 0.15) is 5.75 Å². The number of rotatable bonds is 6. The lowest BCUT2D eigenvalue weighted by Crippen LogP contribution is -2.49. The van der Waals surface area contributed by atoms with Crippen LogP contribution < -0.4 is 4.74 Å². The molecule has 1 aliphatic rings. The van der Waals surface area contributed by atoms with Gasteiger partial charge in [0.15, 0.2) is 6.61 Å². The summed E-state index contributed by atoms with van der Waals surface area (Å²) in [5.74, 6) is -2.84. The Morgan fingerprint density at radius 3 is 1.97 bits per heavy atom. The van der Waals surface area contributed by atoms with Gasteiger partial charge in [-0.2, -0.15) is 0 Å². The maximum atomic E-state index is 12.4. The van der Waals surface area contributed by atoms with Crippen LogP contribution in [0.3, 0.4) is 0 Å². The summed E-state index contributed by atoms with van der Waals surface area (Å²) < 4.78 is 5.61. The van der Waals surface area contributed by atoms with Crippen LogP contribution in [0.25, 0.3) is 0 Å². The molecule has 0 radical (unpaired) electrons. The number of amides is 1. The van der Waals surface area contributed by atoms with E-state index in [1.54, 1.807) is 11.8 Å². The SMILES string of the molecule is CSc1ccc(CN2CCN(C(=O)COc3ccc(C)cc3)CC2)cc1.O=C(O)C(=O)O. The molecule has 3 rings (SSSR count). The second-order valence-electron chi connectivity index (χ2n) is 7.22. The molecule has 0 bridgehead atoms. The van der Waals surface area contributed by atoms with Gasteiger partial charge in [-0.1, -0.05) is 29.8 Å². The molecule has 1 fully saturated rings. The maximum Gasteiger partial charge on any atom is 0.414 e. The fraction of sp³-hybridized carbons (Fsp3) is 0.348. The smallest absolute Gasteiger partial charge is 0.414 e. The van der Waals surface area contributed by atoms with E-state index in [9.17, 15) is 4.79 Å². The molecule has 0 aliphatic carbocycles. The zero-order chi connectivity index (χ0) is 23.5. The van der Waals surface area contributed by atoms with Gasteiger partial charge in [0.05, 0.1) is 0 Å². The van der Waals surface area contributed by atoms with E-state index in [0.29, 0.717) is 0 Å². The number of aliphatic carboxylic acids is 2. The number of hydrogen-bond donors (Lipinski definition) is 2. The first-order chi connectivity index (χ1) is 15.3. The number of carbonyl (C=O) groups is 3. The van der Waals surface area contributed by atoms with Crippen molar-refractivity contribution in [2.45, 2.75) is 18.4 Å². The molecule has 9 heteroatoms. The average Bonchev–Trinajstić information content (AvgIpc) is 2.80. The lowest BCUT2D eigenvalue weighted by atomic mass is 10.2. The molecule has 2 aromatic rings. The highest BCUT2D eigenvalue weighted by Gasteiger charge is 2.21. The Morgan fingerprint density at radius 1 is 0.906 bits per heavy atom. The predicted octanol–water partition coefficient (Wildman–Crippen LogP) is 2.60. The zero-order valence-electron chi connectivity index (χ0n) is 18.2. The van der Waals surface area contributed by atoms with Crippen LogP contribution in [0.1, 0.15) is 11.1 Å².